The first kappa shape index (κ1) is 25.5. The lowest BCUT2D eigenvalue weighted by molar-refractivity contribution is 0.0934. The van der Waals surface area contributed by atoms with Crippen LogP contribution in [0.25, 0.3) is 0 Å². The minimum Gasteiger partial charge on any atom is -0.497 e. The summed E-state index contributed by atoms with van der Waals surface area (Å²) in [5.74, 6) is -0.716. The van der Waals surface area contributed by atoms with Crippen molar-refractivity contribution in [3.05, 3.63) is 72.1 Å². The van der Waals surface area contributed by atoms with Gasteiger partial charge in [-0.1, -0.05) is 32.1 Å². The second-order valence-corrected chi connectivity index (χ2v) is 8.74. The summed E-state index contributed by atoms with van der Waals surface area (Å²) in [5.41, 5.74) is 1.03. The van der Waals surface area contributed by atoms with Gasteiger partial charge in [-0.15, -0.1) is 6.58 Å². The van der Waals surface area contributed by atoms with E-state index in [1.165, 1.54) is 12.1 Å². The van der Waals surface area contributed by atoms with Gasteiger partial charge in [-0.25, -0.2) is 17.5 Å². The van der Waals surface area contributed by atoms with Crippen molar-refractivity contribution >= 4 is 15.9 Å². The van der Waals surface area contributed by atoms with Crippen LogP contribution in [0, 0.1) is 5.82 Å². The summed E-state index contributed by atoms with van der Waals surface area (Å²) in [4.78, 5) is 14.4. The second-order valence-electron chi connectivity index (χ2n) is 7.01. The molecule has 0 saturated carbocycles. The highest BCUT2D eigenvalue weighted by Crippen LogP contribution is 2.24. The minimum atomic E-state index is -4.11. The molecule has 9 heteroatoms. The Morgan fingerprint density at radius 2 is 1.94 bits per heavy atom. The van der Waals surface area contributed by atoms with E-state index in [2.05, 4.69) is 21.5 Å². The van der Waals surface area contributed by atoms with Gasteiger partial charge < -0.3 is 10.1 Å². The van der Waals surface area contributed by atoms with Gasteiger partial charge in [0.2, 0.25) is 10.0 Å². The Hall–Kier alpha value is -2.75. The number of hydrogen-bond acceptors (Lipinski definition) is 5. The molecule has 1 atom stereocenters. The number of nitrogens with one attached hydrogen (secondary N) is 2. The molecule has 1 amide bonds. The number of halogens is 1. The largest absolute Gasteiger partial charge is 0.497 e. The van der Waals surface area contributed by atoms with Crippen molar-refractivity contribution in [1.82, 2.24) is 14.9 Å². The molecule has 174 valence electrons. The fourth-order valence-corrected chi connectivity index (χ4v) is 4.46. The van der Waals surface area contributed by atoms with Gasteiger partial charge in [0, 0.05) is 18.7 Å². The molecule has 2 aromatic carbocycles. The summed E-state index contributed by atoms with van der Waals surface area (Å²) in [7, 11) is -2.52. The molecule has 0 aliphatic heterocycles. The van der Waals surface area contributed by atoms with E-state index in [1.807, 2.05) is 38.1 Å². The van der Waals surface area contributed by atoms with E-state index >= 15 is 0 Å². The molecule has 2 rings (SSSR count). The van der Waals surface area contributed by atoms with Crippen LogP contribution in [-0.4, -0.2) is 52.5 Å². The number of ether oxygens (including phenoxy) is 1. The monoisotopic (exact) mass is 463 g/mol. The molecule has 0 bridgehead atoms. The highest BCUT2D eigenvalue weighted by atomic mass is 32.2. The summed E-state index contributed by atoms with van der Waals surface area (Å²) in [6.07, 6.45) is 1.35. The molecule has 0 aliphatic rings. The number of sulfonamides is 1. The van der Waals surface area contributed by atoms with Crippen molar-refractivity contribution in [3.8, 4) is 5.75 Å². The van der Waals surface area contributed by atoms with E-state index in [-0.39, 0.29) is 24.7 Å². The van der Waals surface area contributed by atoms with E-state index in [0.717, 1.165) is 30.8 Å². The maximum absolute atomic E-state index is 14.2. The molecular weight excluding hydrogens is 433 g/mol. The molecule has 7 nitrogen and oxygen atoms in total. The minimum absolute atomic E-state index is 0.0503. The molecule has 0 aromatic heterocycles. The van der Waals surface area contributed by atoms with E-state index in [9.17, 15) is 17.6 Å². The number of methoxy groups -OCH3 is 1. The predicted molar refractivity (Wildman–Crippen MR) is 123 cm³/mol. The lowest BCUT2D eigenvalue weighted by Gasteiger charge is -2.30. The summed E-state index contributed by atoms with van der Waals surface area (Å²) in [6.45, 7) is 9.26. The van der Waals surface area contributed by atoms with Crippen molar-refractivity contribution in [1.29, 1.82) is 0 Å². The Labute approximate surface area is 189 Å². The van der Waals surface area contributed by atoms with E-state index in [1.54, 1.807) is 7.11 Å². The number of rotatable bonds is 12. The third-order valence-corrected chi connectivity index (χ3v) is 6.53. The maximum Gasteiger partial charge on any atom is 0.251 e. The number of carbonyl (C=O) groups excluding carboxylic acids is 1. The number of amides is 1. The summed E-state index contributed by atoms with van der Waals surface area (Å²) >= 11 is 0. The zero-order valence-electron chi connectivity index (χ0n) is 18.6. The van der Waals surface area contributed by atoms with E-state index in [4.69, 9.17) is 4.74 Å². The normalized spacial score (nSPS) is 12.4. The smallest absolute Gasteiger partial charge is 0.251 e. The van der Waals surface area contributed by atoms with Crippen LogP contribution in [-0.2, 0) is 10.0 Å². The molecular formula is C23H30FN3O4S. The maximum atomic E-state index is 14.2. The van der Waals surface area contributed by atoms with Crippen LogP contribution in [0.4, 0.5) is 4.39 Å². The molecule has 1 unspecified atom stereocenters. The fraction of sp³-hybridized carbons (Fsp3) is 0.348. The van der Waals surface area contributed by atoms with Crippen LogP contribution < -0.4 is 14.8 Å². The summed E-state index contributed by atoms with van der Waals surface area (Å²) in [6, 6.07) is 10.8. The van der Waals surface area contributed by atoms with Crippen molar-refractivity contribution < 1.29 is 22.3 Å². The lowest BCUT2D eigenvalue weighted by atomic mass is 10.0. The van der Waals surface area contributed by atoms with Crippen molar-refractivity contribution in [2.45, 2.75) is 24.8 Å². The average molecular weight is 464 g/mol. The van der Waals surface area contributed by atoms with Gasteiger partial charge in [-0.2, -0.15) is 0 Å². The predicted octanol–water partition coefficient (Wildman–Crippen LogP) is 3.11. The SMILES string of the molecule is C=CCNS(=O)(=O)c1cc(C(=O)NCC(c2cccc(OC)c2)N(CC)CC)ccc1F. The molecule has 2 aromatic rings. The van der Waals surface area contributed by atoms with Crippen molar-refractivity contribution in [2.75, 3.05) is 33.3 Å². The van der Waals surface area contributed by atoms with Gasteiger partial charge in [0.25, 0.3) is 5.91 Å². The molecule has 32 heavy (non-hydrogen) atoms. The van der Waals surface area contributed by atoms with Crippen LogP contribution in [0.3, 0.4) is 0 Å². The highest BCUT2D eigenvalue weighted by Gasteiger charge is 2.23. The van der Waals surface area contributed by atoms with Gasteiger partial charge in [0.1, 0.15) is 16.5 Å². The third kappa shape index (κ3) is 6.38. The number of likely N-dealkylation sites (N-methyl/N-ethyl adjacent to an activating group) is 1. The van der Waals surface area contributed by atoms with Gasteiger partial charge in [-0.3, -0.25) is 9.69 Å². The first-order valence-corrected chi connectivity index (χ1v) is 11.8. The Morgan fingerprint density at radius 1 is 1.22 bits per heavy atom. The molecule has 0 radical (unpaired) electrons. The third-order valence-electron chi connectivity index (χ3n) is 5.09. The van der Waals surface area contributed by atoms with Gasteiger partial charge in [-0.05, 0) is 49.0 Å². The number of hydrogen-bond donors (Lipinski definition) is 2. The van der Waals surface area contributed by atoms with Gasteiger partial charge >= 0.3 is 0 Å². The quantitative estimate of drug-likeness (QED) is 0.472. The molecule has 0 fully saturated rings. The Balaban J connectivity index is 2.26. The van der Waals surface area contributed by atoms with E-state index < -0.39 is 26.6 Å². The first-order chi connectivity index (χ1) is 15.3. The standard InChI is InChI=1S/C23H30FN3O4S/c1-5-13-26-32(29,30)22-15-18(11-12-20(22)24)23(28)25-16-21(27(6-2)7-3)17-9-8-10-19(14-17)31-4/h5,8-12,14-15,21,26H,1,6-7,13,16H2,2-4H3,(H,25,28). The average Bonchev–Trinajstić information content (AvgIpc) is 2.80. The van der Waals surface area contributed by atoms with Gasteiger partial charge in [0.15, 0.2) is 0 Å². The van der Waals surface area contributed by atoms with Gasteiger partial charge in [0.05, 0.1) is 13.2 Å². The summed E-state index contributed by atoms with van der Waals surface area (Å²) < 4.78 is 46.3. The van der Waals surface area contributed by atoms with Crippen LogP contribution in [0.15, 0.2) is 60.0 Å². The molecule has 0 aliphatic carbocycles. The van der Waals surface area contributed by atoms with Crippen molar-refractivity contribution in [2.24, 2.45) is 0 Å². The van der Waals surface area contributed by atoms with Crippen LogP contribution in [0.2, 0.25) is 0 Å². The molecule has 2 N–H and O–H groups in total. The first-order valence-electron chi connectivity index (χ1n) is 10.3. The number of carbonyl (C=O) groups is 1. The van der Waals surface area contributed by atoms with E-state index in [0.29, 0.717) is 5.75 Å². The van der Waals surface area contributed by atoms with Crippen LogP contribution in [0.1, 0.15) is 35.8 Å². The number of nitrogens with zero attached hydrogens (tertiary/aromatic N) is 1. The van der Waals surface area contributed by atoms with Crippen LogP contribution >= 0.6 is 0 Å². The Morgan fingerprint density at radius 3 is 2.56 bits per heavy atom. The summed E-state index contributed by atoms with van der Waals surface area (Å²) in [5, 5.41) is 2.85. The molecule has 0 heterocycles. The Bertz CT molecular complexity index is 1040. The molecule has 0 spiro atoms. The zero-order chi connectivity index (χ0) is 23.7. The lowest BCUT2D eigenvalue weighted by Crippen LogP contribution is -2.38. The fourth-order valence-electron chi connectivity index (χ4n) is 3.36. The molecule has 0 saturated heterocycles. The topological polar surface area (TPSA) is 87.7 Å². The Kier molecular flexibility index (Phi) is 9.37. The zero-order valence-corrected chi connectivity index (χ0v) is 19.4. The van der Waals surface area contributed by atoms with Crippen LogP contribution in [0.5, 0.6) is 5.75 Å². The van der Waals surface area contributed by atoms with Crippen molar-refractivity contribution in [3.63, 3.8) is 0 Å². The number of benzene rings is 2. The highest BCUT2D eigenvalue weighted by molar-refractivity contribution is 7.89. The second kappa shape index (κ2) is 11.8.